The summed E-state index contributed by atoms with van der Waals surface area (Å²) in [6.45, 7) is 22.4. The molecule has 33 heavy (non-hydrogen) atoms. The molecule has 1 unspecified atom stereocenters. The average Bonchev–Trinajstić information content (AvgIpc) is 3.08. The summed E-state index contributed by atoms with van der Waals surface area (Å²) in [4.78, 5) is 0. The molecule has 0 aromatic rings. The molecule has 3 saturated carbocycles. The Hall–Kier alpha value is -0.0831. The van der Waals surface area contributed by atoms with Crippen LogP contribution in [0.5, 0.6) is 0 Å². The lowest BCUT2D eigenvalue weighted by Crippen LogP contribution is -2.49. The third-order valence-electron chi connectivity index (χ3n) is 11.4. The first-order chi connectivity index (χ1) is 15.3. The van der Waals surface area contributed by atoms with Gasteiger partial charge in [-0.2, -0.15) is 0 Å². The van der Waals surface area contributed by atoms with Crippen LogP contribution in [0.3, 0.4) is 0 Å². The van der Waals surface area contributed by atoms with Crippen molar-refractivity contribution < 1.29 is 4.43 Å². The molecule has 0 radical (unpaired) electrons. The van der Waals surface area contributed by atoms with E-state index >= 15 is 0 Å². The summed E-state index contributed by atoms with van der Waals surface area (Å²) in [6.07, 6.45) is 16.1. The number of allylic oxidation sites excluding steroid dienone is 2. The van der Waals surface area contributed by atoms with Crippen molar-refractivity contribution in [2.45, 2.75) is 138 Å². The van der Waals surface area contributed by atoms with Crippen LogP contribution in [-0.4, -0.2) is 14.4 Å². The fourth-order valence-electron chi connectivity index (χ4n) is 9.07. The predicted molar refractivity (Wildman–Crippen MR) is 146 cm³/mol. The molecule has 4 aliphatic carbocycles. The van der Waals surface area contributed by atoms with Gasteiger partial charge in [0.15, 0.2) is 8.32 Å². The van der Waals surface area contributed by atoms with E-state index in [0.717, 1.165) is 35.5 Å². The van der Waals surface area contributed by atoms with Crippen LogP contribution in [0.15, 0.2) is 11.1 Å². The Morgan fingerprint density at radius 2 is 1.64 bits per heavy atom. The van der Waals surface area contributed by atoms with E-state index in [1.807, 2.05) is 11.1 Å². The normalized spacial score (nSPS) is 40.9. The minimum Gasteiger partial charge on any atom is -0.415 e. The van der Waals surface area contributed by atoms with Crippen LogP contribution in [-0.2, 0) is 4.43 Å². The van der Waals surface area contributed by atoms with E-state index in [1.54, 1.807) is 0 Å². The Kier molecular flexibility index (Phi) is 7.42. The molecule has 0 N–H and O–H groups in total. The summed E-state index contributed by atoms with van der Waals surface area (Å²) >= 11 is 0. The SMILES string of the molecule is CC(C)[C@@H](C)CC[C@@H](C)[C@H]1CCC2=C3CCC4C[C@@H](O[Si](C)(C)C)CC[C@]4(C)[C@H]3CC[C@@]21C. The van der Waals surface area contributed by atoms with Gasteiger partial charge in [0.25, 0.3) is 0 Å². The highest BCUT2D eigenvalue weighted by molar-refractivity contribution is 6.69. The number of hydrogen-bond donors (Lipinski definition) is 0. The fraction of sp³-hybridized carbons (Fsp3) is 0.935. The van der Waals surface area contributed by atoms with Crippen molar-refractivity contribution in [1.82, 2.24) is 0 Å². The van der Waals surface area contributed by atoms with Gasteiger partial charge in [-0.25, -0.2) is 0 Å². The molecular weight excluding hydrogens is 416 g/mol. The summed E-state index contributed by atoms with van der Waals surface area (Å²) in [6, 6.07) is 0. The van der Waals surface area contributed by atoms with Crippen molar-refractivity contribution in [2.24, 2.45) is 46.3 Å². The standard InChI is InChI=1S/C31H56OSi/c1-21(2)22(3)10-11-23(4)27-14-15-28-26-13-12-24-20-25(32-33(7,8)9)16-18-30(24,5)29(26)17-19-31(27,28)6/h21-25,27,29H,10-20H2,1-9H3/t22-,23+,24?,25-,27+,29-,30-,31+/m0/s1. The van der Waals surface area contributed by atoms with E-state index in [4.69, 9.17) is 4.43 Å². The lowest BCUT2D eigenvalue weighted by molar-refractivity contribution is -0.0328. The second-order valence-corrected chi connectivity index (χ2v) is 19.3. The molecule has 2 heteroatoms. The van der Waals surface area contributed by atoms with Gasteiger partial charge < -0.3 is 4.43 Å². The summed E-state index contributed by atoms with van der Waals surface area (Å²) in [5.74, 6) is 5.26. The molecule has 0 aromatic carbocycles. The fourth-order valence-corrected chi connectivity index (χ4v) is 10.3. The van der Waals surface area contributed by atoms with Gasteiger partial charge in [-0.3, -0.25) is 0 Å². The lowest BCUT2D eigenvalue weighted by atomic mass is 9.49. The third-order valence-corrected chi connectivity index (χ3v) is 12.5. The molecule has 1 nitrogen and oxygen atoms in total. The molecule has 190 valence electrons. The van der Waals surface area contributed by atoms with Gasteiger partial charge in [-0.05, 0) is 124 Å². The van der Waals surface area contributed by atoms with Crippen molar-refractivity contribution >= 4 is 8.32 Å². The molecule has 3 fully saturated rings. The molecule has 0 aromatic heterocycles. The molecule has 0 heterocycles. The predicted octanol–water partition coefficient (Wildman–Crippen LogP) is 9.64. The monoisotopic (exact) mass is 472 g/mol. The first-order valence-corrected chi connectivity index (χ1v) is 18.2. The lowest BCUT2D eigenvalue weighted by Gasteiger charge is -2.57. The quantitative estimate of drug-likeness (QED) is 0.265. The molecule has 0 bridgehead atoms. The molecular formula is C31H56OSi. The van der Waals surface area contributed by atoms with Gasteiger partial charge in [-0.15, -0.1) is 0 Å². The van der Waals surface area contributed by atoms with Crippen LogP contribution >= 0.6 is 0 Å². The van der Waals surface area contributed by atoms with Crippen LogP contribution < -0.4 is 0 Å². The highest BCUT2D eigenvalue weighted by Crippen LogP contribution is 2.66. The maximum absolute atomic E-state index is 6.62. The van der Waals surface area contributed by atoms with Crippen LogP contribution in [0.4, 0.5) is 0 Å². The maximum Gasteiger partial charge on any atom is 0.184 e. The van der Waals surface area contributed by atoms with E-state index in [2.05, 4.69) is 61.2 Å². The van der Waals surface area contributed by atoms with Crippen LogP contribution in [0, 0.1) is 46.3 Å². The second-order valence-electron chi connectivity index (χ2n) is 14.8. The van der Waals surface area contributed by atoms with E-state index in [-0.39, 0.29) is 0 Å². The van der Waals surface area contributed by atoms with Crippen molar-refractivity contribution in [3.05, 3.63) is 11.1 Å². The second kappa shape index (κ2) is 9.42. The van der Waals surface area contributed by atoms with E-state index < -0.39 is 8.32 Å². The average molecular weight is 473 g/mol. The van der Waals surface area contributed by atoms with E-state index in [9.17, 15) is 0 Å². The van der Waals surface area contributed by atoms with Gasteiger partial charge in [-0.1, -0.05) is 65.5 Å². The molecule has 0 saturated heterocycles. The van der Waals surface area contributed by atoms with Crippen molar-refractivity contribution in [3.8, 4) is 0 Å². The highest BCUT2D eigenvalue weighted by atomic mass is 28.4. The van der Waals surface area contributed by atoms with E-state index in [0.29, 0.717) is 16.9 Å². The number of fused-ring (bicyclic) bond motifs is 4. The van der Waals surface area contributed by atoms with Gasteiger partial charge in [0.05, 0.1) is 0 Å². The number of rotatable bonds is 7. The Bertz CT molecular complexity index is 732. The Labute approximate surface area is 208 Å². The van der Waals surface area contributed by atoms with Gasteiger partial charge >= 0.3 is 0 Å². The van der Waals surface area contributed by atoms with E-state index in [1.165, 1.54) is 70.6 Å². The molecule has 4 aliphatic rings. The minimum absolute atomic E-state index is 0.508. The zero-order chi connectivity index (χ0) is 24.2. The highest BCUT2D eigenvalue weighted by Gasteiger charge is 2.55. The molecule has 8 atom stereocenters. The largest absolute Gasteiger partial charge is 0.415 e. The van der Waals surface area contributed by atoms with Crippen LogP contribution in [0.25, 0.3) is 0 Å². The van der Waals surface area contributed by atoms with Crippen LogP contribution in [0.1, 0.15) is 112 Å². The van der Waals surface area contributed by atoms with Gasteiger partial charge in [0.1, 0.15) is 0 Å². The summed E-state index contributed by atoms with van der Waals surface area (Å²) < 4.78 is 6.62. The Balaban J connectivity index is 1.49. The molecule has 0 aliphatic heterocycles. The number of hydrogen-bond acceptors (Lipinski definition) is 1. The van der Waals surface area contributed by atoms with Crippen molar-refractivity contribution in [1.29, 1.82) is 0 Å². The van der Waals surface area contributed by atoms with Gasteiger partial charge in [0, 0.05) is 6.10 Å². The summed E-state index contributed by atoms with van der Waals surface area (Å²) in [5, 5.41) is 0. The Morgan fingerprint density at radius 3 is 2.30 bits per heavy atom. The topological polar surface area (TPSA) is 9.23 Å². The smallest absolute Gasteiger partial charge is 0.184 e. The van der Waals surface area contributed by atoms with Crippen molar-refractivity contribution in [2.75, 3.05) is 0 Å². The molecule has 0 spiro atoms. The van der Waals surface area contributed by atoms with Crippen LogP contribution in [0.2, 0.25) is 19.6 Å². The first-order valence-electron chi connectivity index (χ1n) is 14.8. The third kappa shape index (κ3) is 4.96. The maximum atomic E-state index is 6.62. The summed E-state index contributed by atoms with van der Waals surface area (Å²) in [5.41, 5.74) is 4.98. The molecule has 4 rings (SSSR count). The zero-order valence-corrected chi connectivity index (χ0v) is 24.7. The van der Waals surface area contributed by atoms with Gasteiger partial charge in [0.2, 0.25) is 0 Å². The molecule has 0 amide bonds. The van der Waals surface area contributed by atoms with Crippen molar-refractivity contribution in [3.63, 3.8) is 0 Å². The Morgan fingerprint density at radius 1 is 0.909 bits per heavy atom. The minimum atomic E-state index is -1.44. The first kappa shape index (κ1) is 26.0. The summed E-state index contributed by atoms with van der Waals surface area (Å²) in [7, 11) is -1.44. The zero-order valence-electron chi connectivity index (χ0n) is 23.7.